The van der Waals surface area contributed by atoms with Crippen LogP contribution in [0.5, 0.6) is 0 Å². The number of carbonyl (C=O) groups excluding carboxylic acids is 1. The predicted molar refractivity (Wildman–Crippen MR) is 82.9 cm³/mol. The third-order valence-corrected chi connectivity index (χ3v) is 3.16. The van der Waals surface area contributed by atoms with Crippen LogP contribution in [-0.4, -0.2) is 18.0 Å². The van der Waals surface area contributed by atoms with Crippen molar-refractivity contribution in [2.75, 3.05) is 12.4 Å². The number of benzene rings is 2. The molecule has 0 spiro atoms. The molecule has 23 heavy (non-hydrogen) atoms. The van der Waals surface area contributed by atoms with Crippen LogP contribution < -0.4 is 5.32 Å². The Kier molecular flexibility index (Phi) is 4.89. The third kappa shape index (κ3) is 3.83. The van der Waals surface area contributed by atoms with E-state index in [2.05, 4.69) is 10.1 Å². The fraction of sp³-hybridized carbons (Fsp3) is 0.125. The van der Waals surface area contributed by atoms with E-state index in [-0.39, 0.29) is 11.3 Å². The molecule has 1 N–H and O–H groups in total. The normalized spacial score (nSPS) is 9.74. The molecule has 0 saturated carbocycles. The Hall–Kier alpha value is -3.40. The number of nitrogens with one attached hydrogen (secondary N) is 1. The summed E-state index contributed by atoms with van der Waals surface area (Å²) < 4.78 is 4.66. The number of esters is 1. The van der Waals surface area contributed by atoms with Crippen molar-refractivity contribution >= 4 is 17.3 Å². The molecule has 0 aromatic heterocycles. The highest BCUT2D eigenvalue weighted by atomic mass is 16.6. The molecule has 7 nitrogen and oxygen atoms in total. The van der Waals surface area contributed by atoms with Crippen molar-refractivity contribution in [2.45, 2.75) is 6.54 Å². The van der Waals surface area contributed by atoms with E-state index >= 15 is 0 Å². The number of hydrogen-bond acceptors (Lipinski definition) is 6. The quantitative estimate of drug-likeness (QED) is 0.517. The van der Waals surface area contributed by atoms with E-state index < -0.39 is 10.9 Å². The van der Waals surface area contributed by atoms with Crippen molar-refractivity contribution in [1.82, 2.24) is 0 Å². The van der Waals surface area contributed by atoms with Crippen LogP contribution in [0.2, 0.25) is 0 Å². The number of methoxy groups -OCH3 is 1. The fourth-order valence-corrected chi connectivity index (χ4v) is 2.02. The lowest BCUT2D eigenvalue weighted by Gasteiger charge is -2.08. The standard InChI is InChI=1S/C16H13N3O4/c1-23-16(20)12-4-2-3-11(7-12)10-18-14-5-6-15(19(21)22)13(8-14)9-17/h2-8,18H,10H2,1H3. The van der Waals surface area contributed by atoms with Crippen molar-refractivity contribution in [3.05, 3.63) is 69.3 Å². The highest BCUT2D eigenvalue weighted by Crippen LogP contribution is 2.22. The zero-order valence-corrected chi connectivity index (χ0v) is 12.3. The maximum absolute atomic E-state index is 11.5. The smallest absolute Gasteiger partial charge is 0.337 e. The molecule has 0 amide bonds. The first-order chi connectivity index (χ1) is 11.0. The van der Waals surface area contributed by atoms with Crippen LogP contribution >= 0.6 is 0 Å². The van der Waals surface area contributed by atoms with Gasteiger partial charge in [0.25, 0.3) is 5.69 Å². The maximum Gasteiger partial charge on any atom is 0.337 e. The van der Waals surface area contributed by atoms with Gasteiger partial charge in [-0.15, -0.1) is 0 Å². The highest BCUT2D eigenvalue weighted by molar-refractivity contribution is 5.89. The Morgan fingerprint density at radius 2 is 2.13 bits per heavy atom. The van der Waals surface area contributed by atoms with Crippen LogP contribution in [0, 0.1) is 21.4 Å². The number of nitrogens with zero attached hydrogens (tertiary/aromatic N) is 2. The first-order valence-electron chi connectivity index (χ1n) is 6.65. The lowest BCUT2D eigenvalue weighted by Crippen LogP contribution is -2.04. The third-order valence-electron chi connectivity index (χ3n) is 3.16. The zero-order valence-electron chi connectivity index (χ0n) is 12.3. The molecule has 2 rings (SSSR count). The summed E-state index contributed by atoms with van der Waals surface area (Å²) in [4.78, 5) is 21.7. The Balaban J connectivity index is 2.14. The Morgan fingerprint density at radius 1 is 1.35 bits per heavy atom. The summed E-state index contributed by atoms with van der Waals surface area (Å²) in [5.41, 5.74) is 1.61. The van der Waals surface area contributed by atoms with E-state index in [4.69, 9.17) is 5.26 Å². The molecule has 116 valence electrons. The molecule has 0 aliphatic heterocycles. The van der Waals surface area contributed by atoms with Gasteiger partial charge >= 0.3 is 5.97 Å². The van der Waals surface area contributed by atoms with Crippen LogP contribution in [0.25, 0.3) is 0 Å². The molecular weight excluding hydrogens is 298 g/mol. The van der Waals surface area contributed by atoms with E-state index in [1.807, 2.05) is 6.07 Å². The van der Waals surface area contributed by atoms with Crippen molar-refractivity contribution in [3.8, 4) is 6.07 Å². The number of nitriles is 1. The second-order valence-corrected chi connectivity index (χ2v) is 4.65. The average molecular weight is 311 g/mol. The molecule has 2 aromatic carbocycles. The van der Waals surface area contributed by atoms with Gasteiger partial charge in [-0.3, -0.25) is 10.1 Å². The number of hydrogen-bond donors (Lipinski definition) is 1. The van der Waals surface area contributed by atoms with E-state index in [0.29, 0.717) is 17.8 Å². The van der Waals surface area contributed by atoms with Crippen molar-refractivity contribution in [1.29, 1.82) is 5.26 Å². The Bertz CT molecular complexity index is 796. The second-order valence-electron chi connectivity index (χ2n) is 4.65. The summed E-state index contributed by atoms with van der Waals surface area (Å²) >= 11 is 0. The minimum atomic E-state index is -0.595. The first-order valence-corrected chi connectivity index (χ1v) is 6.65. The number of anilines is 1. The van der Waals surface area contributed by atoms with Gasteiger partial charge in [0.15, 0.2) is 0 Å². The Morgan fingerprint density at radius 3 is 2.78 bits per heavy atom. The number of ether oxygens (including phenoxy) is 1. The van der Waals surface area contributed by atoms with Gasteiger partial charge in [-0.05, 0) is 29.8 Å². The van der Waals surface area contributed by atoms with Gasteiger partial charge in [0.2, 0.25) is 0 Å². The average Bonchev–Trinajstić information content (AvgIpc) is 2.59. The van der Waals surface area contributed by atoms with E-state index in [9.17, 15) is 14.9 Å². The van der Waals surface area contributed by atoms with Gasteiger partial charge in [-0.1, -0.05) is 12.1 Å². The monoisotopic (exact) mass is 311 g/mol. The predicted octanol–water partition coefficient (Wildman–Crippen LogP) is 2.87. The molecule has 0 heterocycles. The molecule has 0 aliphatic rings. The van der Waals surface area contributed by atoms with Gasteiger partial charge in [-0.25, -0.2) is 4.79 Å². The van der Waals surface area contributed by atoms with Crippen LogP contribution in [-0.2, 0) is 11.3 Å². The van der Waals surface area contributed by atoms with Crippen LogP contribution in [0.1, 0.15) is 21.5 Å². The lowest BCUT2D eigenvalue weighted by molar-refractivity contribution is -0.385. The molecule has 0 unspecified atom stereocenters. The summed E-state index contributed by atoms with van der Waals surface area (Å²) in [7, 11) is 1.31. The molecular formula is C16H13N3O4. The largest absolute Gasteiger partial charge is 0.465 e. The molecule has 0 bridgehead atoms. The summed E-state index contributed by atoms with van der Waals surface area (Å²) in [5.74, 6) is -0.422. The number of nitro groups is 1. The van der Waals surface area contributed by atoms with Crippen molar-refractivity contribution < 1.29 is 14.5 Å². The van der Waals surface area contributed by atoms with E-state index in [1.54, 1.807) is 24.3 Å². The molecule has 0 atom stereocenters. The minimum absolute atomic E-state index is 0.0108. The SMILES string of the molecule is COC(=O)c1cccc(CNc2ccc([N+](=O)[O-])c(C#N)c2)c1. The molecule has 0 aliphatic carbocycles. The zero-order chi connectivity index (χ0) is 16.8. The van der Waals surface area contributed by atoms with Gasteiger partial charge in [-0.2, -0.15) is 5.26 Å². The van der Waals surface area contributed by atoms with Crippen LogP contribution in [0.15, 0.2) is 42.5 Å². The minimum Gasteiger partial charge on any atom is -0.465 e. The number of carbonyl (C=O) groups is 1. The topological polar surface area (TPSA) is 105 Å². The Labute approximate surface area is 132 Å². The summed E-state index contributed by atoms with van der Waals surface area (Å²) in [6.07, 6.45) is 0. The van der Waals surface area contributed by atoms with Gasteiger partial charge in [0, 0.05) is 18.3 Å². The molecule has 0 fully saturated rings. The lowest BCUT2D eigenvalue weighted by atomic mass is 10.1. The van der Waals surface area contributed by atoms with E-state index in [0.717, 1.165) is 5.56 Å². The fourth-order valence-electron chi connectivity index (χ4n) is 2.02. The van der Waals surface area contributed by atoms with Gasteiger partial charge in [0.05, 0.1) is 17.6 Å². The summed E-state index contributed by atoms with van der Waals surface area (Å²) in [6, 6.07) is 12.9. The van der Waals surface area contributed by atoms with Gasteiger partial charge < -0.3 is 10.1 Å². The van der Waals surface area contributed by atoms with Crippen molar-refractivity contribution in [2.24, 2.45) is 0 Å². The second kappa shape index (κ2) is 7.04. The number of nitro benzene ring substituents is 1. The maximum atomic E-state index is 11.5. The van der Waals surface area contributed by atoms with Crippen molar-refractivity contribution in [3.63, 3.8) is 0 Å². The van der Waals surface area contributed by atoms with E-state index in [1.165, 1.54) is 25.3 Å². The summed E-state index contributed by atoms with van der Waals surface area (Å²) in [6.45, 7) is 0.396. The molecule has 2 aromatic rings. The van der Waals surface area contributed by atoms with Gasteiger partial charge in [0.1, 0.15) is 11.6 Å². The molecule has 7 heteroatoms. The first kappa shape index (κ1) is 16.0. The van der Waals surface area contributed by atoms with Crippen LogP contribution in [0.3, 0.4) is 0 Å². The van der Waals surface area contributed by atoms with Crippen LogP contribution in [0.4, 0.5) is 11.4 Å². The highest BCUT2D eigenvalue weighted by Gasteiger charge is 2.13. The summed E-state index contributed by atoms with van der Waals surface area (Å²) in [5, 5.41) is 22.8. The molecule has 0 saturated heterocycles. The molecule has 0 radical (unpaired) electrons. The number of rotatable bonds is 5.